The molecule has 27 heavy (non-hydrogen) atoms. The lowest BCUT2D eigenvalue weighted by Crippen LogP contribution is -3.28. The van der Waals surface area contributed by atoms with Crippen LogP contribution in [-0.4, -0.2) is 43.8 Å². The molecule has 0 radical (unpaired) electrons. The molecule has 146 valence electrons. The number of nitrogens with one attached hydrogen (secondary N) is 3. The third-order valence-electron chi connectivity index (χ3n) is 4.69. The van der Waals surface area contributed by atoms with E-state index in [0.29, 0.717) is 0 Å². The van der Waals surface area contributed by atoms with E-state index in [1.807, 2.05) is 13.0 Å². The van der Waals surface area contributed by atoms with Gasteiger partial charge >= 0.3 is 6.18 Å². The van der Waals surface area contributed by atoms with E-state index in [1.54, 1.807) is 0 Å². The normalized spacial score (nSPS) is 20.4. The molecule has 9 heteroatoms. The molecule has 1 saturated heterocycles. The molecule has 1 aliphatic rings. The van der Waals surface area contributed by atoms with Crippen LogP contribution >= 0.6 is 0 Å². The van der Waals surface area contributed by atoms with E-state index in [2.05, 4.69) is 10.5 Å². The van der Waals surface area contributed by atoms with Gasteiger partial charge in [-0.3, -0.25) is 4.79 Å². The molecule has 0 atom stereocenters. The fourth-order valence-corrected chi connectivity index (χ4v) is 3.33. The number of aryl methyl sites for hydroxylation is 1. The van der Waals surface area contributed by atoms with Crippen molar-refractivity contribution >= 4 is 11.6 Å². The van der Waals surface area contributed by atoms with E-state index in [9.17, 15) is 18.0 Å². The zero-order valence-electron chi connectivity index (χ0n) is 15.0. The third kappa shape index (κ3) is 5.30. The molecule has 2 aromatic rings. The SMILES string of the molecule is Cc1cc(C[NH+]2CC[NH+](CC(=O)Nc3ccccc3C(F)(F)F)CC2)no1. The molecule has 0 saturated carbocycles. The number of nitrogens with zero attached hydrogens (tertiary/aromatic N) is 1. The van der Waals surface area contributed by atoms with Gasteiger partial charge in [0, 0.05) is 6.07 Å². The average molecular weight is 384 g/mol. The number of piperazine rings is 1. The number of rotatable bonds is 5. The molecule has 1 aromatic heterocycles. The van der Waals surface area contributed by atoms with Gasteiger partial charge in [-0.2, -0.15) is 13.2 Å². The Balaban J connectivity index is 1.49. The number of alkyl halides is 3. The fourth-order valence-electron chi connectivity index (χ4n) is 3.33. The molecule has 3 N–H and O–H groups in total. The van der Waals surface area contributed by atoms with E-state index in [-0.39, 0.29) is 12.2 Å². The molecule has 1 fully saturated rings. The summed E-state index contributed by atoms with van der Waals surface area (Å²) in [6.45, 7) is 6.07. The molecule has 1 amide bonds. The zero-order valence-corrected chi connectivity index (χ0v) is 15.0. The van der Waals surface area contributed by atoms with E-state index in [1.165, 1.54) is 23.1 Å². The Morgan fingerprint density at radius 1 is 1.19 bits per heavy atom. The van der Waals surface area contributed by atoms with E-state index >= 15 is 0 Å². The van der Waals surface area contributed by atoms with Crippen LogP contribution in [0.2, 0.25) is 0 Å². The molecule has 6 nitrogen and oxygen atoms in total. The maximum Gasteiger partial charge on any atom is 0.418 e. The van der Waals surface area contributed by atoms with Crippen LogP contribution in [0.4, 0.5) is 18.9 Å². The predicted molar refractivity (Wildman–Crippen MR) is 91.3 cm³/mol. The lowest BCUT2D eigenvalue weighted by Gasteiger charge is -2.28. The fraction of sp³-hybridized carbons (Fsp3) is 0.444. The van der Waals surface area contributed by atoms with Crippen molar-refractivity contribution in [2.24, 2.45) is 0 Å². The highest BCUT2D eigenvalue weighted by Crippen LogP contribution is 2.34. The summed E-state index contributed by atoms with van der Waals surface area (Å²) in [6.07, 6.45) is -4.49. The zero-order chi connectivity index (χ0) is 19.4. The van der Waals surface area contributed by atoms with Gasteiger partial charge in [0.2, 0.25) is 0 Å². The molecular weight excluding hydrogens is 361 g/mol. The number of hydrogen-bond acceptors (Lipinski definition) is 3. The summed E-state index contributed by atoms with van der Waals surface area (Å²) in [5, 5.41) is 6.40. The van der Waals surface area contributed by atoms with Crippen LogP contribution in [0.3, 0.4) is 0 Å². The second-order valence-corrected chi connectivity index (χ2v) is 6.87. The largest absolute Gasteiger partial charge is 0.418 e. The minimum atomic E-state index is -4.49. The Bertz CT molecular complexity index is 783. The summed E-state index contributed by atoms with van der Waals surface area (Å²) in [5.41, 5.74) is -0.113. The third-order valence-corrected chi connectivity index (χ3v) is 4.69. The summed E-state index contributed by atoms with van der Waals surface area (Å²) in [5.74, 6) is 0.377. The molecule has 1 aliphatic heterocycles. The number of quaternary nitrogens is 2. The Labute approximate surface area is 154 Å². The molecular formula is C18H23F3N4O2+2. The van der Waals surface area contributed by atoms with Gasteiger partial charge in [-0.15, -0.1) is 0 Å². The Kier molecular flexibility index (Phi) is 5.81. The highest BCUT2D eigenvalue weighted by atomic mass is 19.4. The number of hydrogen-bond donors (Lipinski definition) is 3. The number of aromatic nitrogens is 1. The quantitative estimate of drug-likeness (QED) is 0.676. The van der Waals surface area contributed by atoms with Crippen LogP contribution in [0.5, 0.6) is 0 Å². The summed E-state index contributed by atoms with van der Waals surface area (Å²) in [7, 11) is 0. The van der Waals surface area contributed by atoms with Crippen LogP contribution in [0.25, 0.3) is 0 Å². The molecule has 0 bridgehead atoms. The first kappa shape index (κ1) is 19.4. The van der Waals surface area contributed by atoms with Crippen molar-refractivity contribution in [1.82, 2.24) is 5.16 Å². The van der Waals surface area contributed by atoms with E-state index in [4.69, 9.17) is 4.52 Å². The second kappa shape index (κ2) is 8.10. The number of carbonyl (C=O) groups is 1. The maximum absolute atomic E-state index is 13.0. The van der Waals surface area contributed by atoms with Crippen LogP contribution in [-0.2, 0) is 17.5 Å². The van der Waals surface area contributed by atoms with Crippen molar-refractivity contribution in [2.45, 2.75) is 19.6 Å². The summed E-state index contributed by atoms with van der Waals surface area (Å²) < 4.78 is 44.1. The highest BCUT2D eigenvalue weighted by molar-refractivity contribution is 5.92. The van der Waals surface area contributed by atoms with Crippen molar-refractivity contribution in [3.63, 3.8) is 0 Å². The Morgan fingerprint density at radius 3 is 2.48 bits per heavy atom. The van der Waals surface area contributed by atoms with Crippen molar-refractivity contribution in [2.75, 3.05) is 38.0 Å². The Hall–Kier alpha value is -2.39. The maximum atomic E-state index is 13.0. The average Bonchev–Trinajstić information content (AvgIpc) is 3.01. The molecule has 2 heterocycles. The van der Waals surface area contributed by atoms with E-state index in [0.717, 1.165) is 55.1 Å². The smallest absolute Gasteiger partial charge is 0.361 e. The number of para-hydroxylation sites is 1. The summed E-state index contributed by atoms with van der Waals surface area (Å²) in [4.78, 5) is 14.6. The monoisotopic (exact) mass is 384 g/mol. The topological polar surface area (TPSA) is 64.0 Å². The Morgan fingerprint density at radius 2 is 1.85 bits per heavy atom. The van der Waals surface area contributed by atoms with Crippen molar-refractivity contribution in [3.8, 4) is 0 Å². The van der Waals surface area contributed by atoms with Crippen LogP contribution in [0.15, 0.2) is 34.9 Å². The van der Waals surface area contributed by atoms with E-state index < -0.39 is 17.6 Å². The van der Waals surface area contributed by atoms with Gasteiger partial charge in [0.15, 0.2) is 6.54 Å². The molecule has 0 spiro atoms. The summed E-state index contributed by atoms with van der Waals surface area (Å²) >= 11 is 0. The number of amides is 1. The standard InChI is InChI=1S/C18H21F3N4O2/c1-13-10-14(23-27-13)11-24-6-8-25(9-7-24)12-17(26)22-16-5-3-2-4-15(16)18(19,20)21/h2-5,10H,6-9,11-12H2,1H3,(H,22,26)/p+2. The van der Waals surface area contributed by atoms with Crippen LogP contribution < -0.4 is 15.1 Å². The van der Waals surface area contributed by atoms with Crippen molar-refractivity contribution < 1.29 is 32.3 Å². The lowest BCUT2D eigenvalue weighted by molar-refractivity contribution is -1.02. The van der Waals surface area contributed by atoms with Gasteiger partial charge in [0.1, 0.15) is 44.2 Å². The van der Waals surface area contributed by atoms with Gasteiger partial charge in [-0.05, 0) is 19.1 Å². The predicted octanol–water partition coefficient (Wildman–Crippen LogP) is -0.0761. The molecule has 3 rings (SSSR count). The molecule has 1 aromatic carbocycles. The van der Waals surface area contributed by atoms with Crippen molar-refractivity contribution in [1.29, 1.82) is 0 Å². The number of anilines is 1. The minimum Gasteiger partial charge on any atom is -0.361 e. The van der Waals surface area contributed by atoms with Gasteiger partial charge in [0.25, 0.3) is 5.91 Å². The first-order valence-electron chi connectivity index (χ1n) is 8.86. The van der Waals surface area contributed by atoms with Crippen LogP contribution in [0.1, 0.15) is 17.0 Å². The second-order valence-electron chi connectivity index (χ2n) is 6.87. The minimum absolute atomic E-state index is 0.155. The highest BCUT2D eigenvalue weighted by Gasteiger charge is 2.34. The van der Waals surface area contributed by atoms with Gasteiger partial charge in [-0.1, -0.05) is 17.3 Å². The number of benzene rings is 1. The van der Waals surface area contributed by atoms with Crippen LogP contribution in [0, 0.1) is 6.92 Å². The first-order chi connectivity index (χ1) is 12.8. The van der Waals surface area contributed by atoms with Gasteiger partial charge < -0.3 is 19.6 Å². The lowest BCUT2D eigenvalue weighted by atomic mass is 10.1. The van der Waals surface area contributed by atoms with Crippen molar-refractivity contribution in [3.05, 3.63) is 47.3 Å². The number of carbonyl (C=O) groups excluding carboxylic acids is 1. The van der Waals surface area contributed by atoms with Gasteiger partial charge in [0.05, 0.1) is 11.3 Å². The first-order valence-corrected chi connectivity index (χ1v) is 8.86. The van der Waals surface area contributed by atoms with Gasteiger partial charge in [-0.25, -0.2) is 0 Å². The number of halogens is 3. The molecule has 0 aliphatic carbocycles. The molecule has 0 unspecified atom stereocenters. The summed E-state index contributed by atoms with van der Waals surface area (Å²) in [6, 6.07) is 6.94.